The molecular weight excluding hydrogens is 238 g/mol. The Morgan fingerprint density at radius 1 is 1.32 bits per heavy atom. The number of nitrogens with two attached hydrogens (primary N) is 1. The fourth-order valence-electron chi connectivity index (χ4n) is 2.44. The summed E-state index contributed by atoms with van der Waals surface area (Å²) in [6, 6.07) is 8.35. The van der Waals surface area contributed by atoms with Crippen LogP contribution in [0.25, 0.3) is 0 Å². The average molecular weight is 263 g/mol. The molecule has 3 atom stereocenters. The molecule has 0 amide bonds. The largest absolute Gasteiger partial charge is 0.487 e. The van der Waals surface area contributed by atoms with Gasteiger partial charge in [0, 0.05) is 19.1 Å². The van der Waals surface area contributed by atoms with Crippen molar-refractivity contribution in [2.75, 3.05) is 6.61 Å². The molecule has 1 fully saturated rings. The smallest absolute Gasteiger partial charge is 0.128 e. The standard InChI is InChI=1S/C16H25NO2/c1-4-9-18-16-13(17)10-15(16)19-14-8-6-5-7-12(14)11(2)3/h5-8,11,13,15-16H,4,9-10,17H2,1-3H3. The van der Waals surface area contributed by atoms with Gasteiger partial charge in [-0.15, -0.1) is 0 Å². The Labute approximate surface area is 116 Å². The maximum absolute atomic E-state index is 6.12. The summed E-state index contributed by atoms with van der Waals surface area (Å²) >= 11 is 0. The van der Waals surface area contributed by atoms with Crippen molar-refractivity contribution in [3.63, 3.8) is 0 Å². The molecule has 0 spiro atoms. The lowest BCUT2D eigenvalue weighted by molar-refractivity contribution is -0.0982. The molecule has 0 heterocycles. The van der Waals surface area contributed by atoms with Crippen LogP contribution < -0.4 is 10.5 Å². The fraction of sp³-hybridized carbons (Fsp3) is 0.625. The molecule has 2 rings (SSSR count). The lowest BCUT2D eigenvalue weighted by Gasteiger charge is -2.42. The SMILES string of the molecule is CCCOC1C(N)CC1Oc1ccccc1C(C)C. The number of para-hydroxylation sites is 1. The third-order valence-electron chi connectivity index (χ3n) is 3.63. The van der Waals surface area contributed by atoms with E-state index in [1.165, 1.54) is 5.56 Å². The van der Waals surface area contributed by atoms with Gasteiger partial charge in [-0.2, -0.15) is 0 Å². The minimum Gasteiger partial charge on any atom is -0.487 e. The van der Waals surface area contributed by atoms with Gasteiger partial charge in [0.1, 0.15) is 18.0 Å². The summed E-state index contributed by atoms with van der Waals surface area (Å²) in [6.07, 6.45) is 2.03. The van der Waals surface area contributed by atoms with Gasteiger partial charge < -0.3 is 15.2 Å². The molecule has 106 valence electrons. The average Bonchev–Trinajstić information content (AvgIpc) is 2.39. The van der Waals surface area contributed by atoms with Crippen LogP contribution in [0.3, 0.4) is 0 Å². The summed E-state index contributed by atoms with van der Waals surface area (Å²) in [5.74, 6) is 1.43. The highest BCUT2D eigenvalue weighted by atomic mass is 16.5. The van der Waals surface area contributed by atoms with Crippen molar-refractivity contribution in [2.24, 2.45) is 5.73 Å². The fourth-order valence-corrected chi connectivity index (χ4v) is 2.44. The Bertz CT molecular complexity index is 405. The zero-order chi connectivity index (χ0) is 13.8. The Kier molecular flexibility index (Phi) is 4.83. The van der Waals surface area contributed by atoms with Crippen molar-refractivity contribution in [2.45, 2.75) is 57.8 Å². The van der Waals surface area contributed by atoms with Crippen LogP contribution in [0, 0.1) is 0 Å². The topological polar surface area (TPSA) is 44.5 Å². The van der Waals surface area contributed by atoms with E-state index in [2.05, 4.69) is 32.9 Å². The highest BCUT2D eigenvalue weighted by Gasteiger charge is 2.41. The predicted molar refractivity (Wildman–Crippen MR) is 77.6 cm³/mol. The first-order chi connectivity index (χ1) is 9.13. The van der Waals surface area contributed by atoms with Crippen LogP contribution in [0.15, 0.2) is 24.3 Å². The quantitative estimate of drug-likeness (QED) is 0.857. The molecular formula is C16H25NO2. The van der Waals surface area contributed by atoms with Crippen LogP contribution in [0.1, 0.15) is 45.1 Å². The van der Waals surface area contributed by atoms with E-state index in [1.54, 1.807) is 0 Å². The molecule has 1 aromatic carbocycles. The van der Waals surface area contributed by atoms with Crippen LogP contribution in [-0.2, 0) is 4.74 Å². The van der Waals surface area contributed by atoms with Gasteiger partial charge in [-0.1, -0.05) is 39.0 Å². The number of rotatable bonds is 6. The highest BCUT2D eigenvalue weighted by Crippen LogP contribution is 2.32. The van der Waals surface area contributed by atoms with E-state index < -0.39 is 0 Å². The van der Waals surface area contributed by atoms with Crippen molar-refractivity contribution >= 4 is 0 Å². The molecule has 1 aliphatic carbocycles. The first kappa shape index (κ1) is 14.4. The first-order valence-electron chi connectivity index (χ1n) is 7.26. The minimum absolute atomic E-state index is 0.0418. The van der Waals surface area contributed by atoms with Crippen molar-refractivity contribution in [1.82, 2.24) is 0 Å². The van der Waals surface area contributed by atoms with Gasteiger partial charge in [0.25, 0.3) is 0 Å². The zero-order valence-electron chi connectivity index (χ0n) is 12.1. The number of ether oxygens (including phenoxy) is 2. The molecule has 0 saturated heterocycles. The summed E-state index contributed by atoms with van der Waals surface area (Å²) in [7, 11) is 0. The van der Waals surface area contributed by atoms with E-state index in [4.69, 9.17) is 15.2 Å². The highest BCUT2D eigenvalue weighted by molar-refractivity contribution is 5.36. The summed E-state index contributed by atoms with van der Waals surface area (Å²) in [6.45, 7) is 7.22. The second-order valence-electron chi connectivity index (χ2n) is 5.58. The molecule has 3 nitrogen and oxygen atoms in total. The molecule has 1 saturated carbocycles. The minimum atomic E-state index is 0.0418. The monoisotopic (exact) mass is 263 g/mol. The van der Waals surface area contributed by atoms with E-state index >= 15 is 0 Å². The van der Waals surface area contributed by atoms with E-state index in [-0.39, 0.29) is 18.2 Å². The Balaban J connectivity index is 2.01. The molecule has 19 heavy (non-hydrogen) atoms. The second kappa shape index (κ2) is 6.40. The summed E-state index contributed by atoms with van der Waals surface area (Å²) < 4.78 is 11.9. The predicted octanol–water partition coefficient (Wildman–Crippen LogP) is 3.08. The van der Waals surface area contributed by atoms with Gasteiger partial charge in [0.15, 0.2) is 0 Å². The van der Waals surface area contributed by atoms with Crippen LogP contribution in [0.4, 0.5) is 0 Å². The normalized spacial score (nSPS) is 26.3. The number of hydrogen-bond acceptors (Lipinski definition) is 3. The van der Waals surface area contributed by atoms with E-state index in [0.29, 0.717) is 5.92 Å². The summed E-state index contributed by atoms with van der Waals surface area (Å²) in [4.78, 5) is 0. The molecule has 1 aliphatic rings. The van der Waals surface area contributed by atoms with Gasteiger partial charge in [-0.3, -0.25) is 0 Å². The van der Waals surface area contributed by atoms with Gasteiger partial charge in [0.05, 0.1) is 0 Å². The first-order valence-corrected chi connectivity index (χ1v) is 7.26. The lowest BCUT2D eigenvalue weighted by Crippen LogP contribution is -2.59. The zero-order valence-corrected chi connectivity index (χ0v) is 12.1. The molecule has 3 heteroatoms. The van der Waals surface area contributed by atoms with Gasteiger partial charge in [0.2, 0.25) is 0 Å². The molecule has 0 bridgehead atoms. The summed E-state index contributed by atoms with van der Waals surface area (Å²) in [5, 5.41) is 0. The van der Waals surface area contributed by atoms with E-state index in [9.17, 15) is 0 Å². The van der Waals surface area contributed by atoms with Crippen molar-refractivity contribution < 1.29 is 9.47 Å². The maximum atomic E-state index is 6.12. The van der Waals surface area contributed by atoms with Crippen molar-refractivity contribution in [3.8, 4) is 5.75 Å². The molecule has 0 aliphatic heterocycles. The van der Waals surface area contributed by atoms with Crippen LogP contribution >= 0.6 is 0 Å². The van der Waals surface area contributed by atoms with Gasteiger partial charge in [-0.05, 0) is 24.0 Å². The van der Waals surface area contributed by atoms with E-state index in [1.807, 2.05) is 12.1 Å². The van der Waals surface area contributed by atoms with Crippen molar-refractivity contribution in [1.29, 1.82) is 0 Å². The molecule has 1 aromatic rings. The van der Waals surface area contributed by atoms with Crippen LogP contribution in [-0.4, -0.2) is 24.9 Å². The molecule has 3 unspecified atom stereocenters. The van der Waals surface area contributed by atoms with Crippen LogP contribution in [0.2, 0.25) is 0 Å². The Morgan fingerprint density at radius 2 is 2.05 bits per heavy atom. The van der Waals surface area contributed by atoms with Gasteiger partial charge in [-0.25, -0.2) is 0 Å². The molecule has 0 aromatic heterocycles. The van der Waals surface area contributed by atoms with Crippen LogP contribution in [0.5, 0.6) is 5.75 Å². The summed E-state index contributed by atoms with van der Waals surface area (Å²) in [5.41, 5.74) is 7.25. The molecule has 2 N–H and O–H groups in total. The van der Waals surface area contributed by atoms with E-state index in [0.717, 1.165) is 25.2 Å². The van der Waals surface area contributed by atoms with Gasteiger partial charge >= 0.3 is 0 Å². The third-order valence-corrected chi connectivity index (χ3v) is 3.63. The lowest BCUT2D eigenvalue weighted by atomic mass is 9.86. The molecule has 0 radical (unpaired) electrons. The Morgan fingerprint density at radius 3 is 2.68 bits per heavy atom. The third kappa shape index (κ3) is 3.28. The number of benzene rings is 1. The second-order valence-corrected chi connectivity index (χ2v) is 5.58. The number of hydrogen-bond donors (Lipinski definition) is 1. The van der Waals surface area contributed by atoms with Crippen molar-refractivity contribution in [3.05, 3.63) is 29.8 Å². The Hall–Kier alpha value is -1.06. The maximum Gasteiger partial charge on any atom is 0.128 e.